The first-order chi connectivity index (χ1) is 7.50. The molecule has 84 valence electrons. The SMILES string of the molecule is Cc1ccc(/C=C2/SC(=O)N(C)C2=O)n1C. The Kier molecular flexibility index (Phi) is 2.63. The molecule has 4 nitrogen and oxygen atoms in total. The van der Waals surface area contributed by atoms with E-state index in [1.165, 1.54) is 7.05 Å². The first-order valence-electron chi connectivity index (χ1n) is 4.84. The second-order valence-corrected chi connectivity index (χ2v) is 4.69. The molecule has 16 heavy (non-hydrogen) atoms. The minimum absolute atomic E-state index is 0.220. The van der Waals surface area contributed by atoms with E-state index in [0.717, 1.165) is 28.0 Å². The van der Waals surface area contributed by atoms with Crippen molar-refractivity contribution in [3.63, 3.8) is 0 Å². The number of likely N-dealkylation sites (N-methyl/N-ethyl adjacent to an activating group) is 1. The van der Waals surface area contributed by atoms with Crippen molar-refractivity contribution in [2.45, 2.75) is 6.92 Å². The number of nitrogens with zero attached hydrogens (tertiary/aromatic N) is 2. The number of amides is 2. The normalized spacial score (nSPS) is 18.9. The summed E-state index contributed by atoms with van der Waals surface area (Å²) in [6.07, 6.45) is 1.75. The van der Waals surface area contributed by atoms with E-state index >= 15 is 0 Å². The third-order valence-electron chi connectivity index (χ3n) is 2.68. The standard InChI is InChI=1S/C11H12N2O2S/c1-7-4-5-8(12(7)2)6-9-10(14)13(3)11(15)16-9/h4-6H,1-3H3/b9-6+. The molecule has 0 aromatic carbocycles. The van der Waals surface area contributed by atoms with Gasteiger partial charge >= 0.3 is 0 Å². The van der Waals surface area contributed by atoms with Gasteiger partial charge in [0, 0.05) is 25.5 Å². The summed E-state index contributed by atoms with van der Waals surface area (Å²) in [6, 6.07) is 3.90. The fourth-order valence-electron chi connectivity index (χ4n) is 1.46. The van der Waals surface area contributed by atoms with Gasteiger partial charge in [-0.3, -0.25) is 14.5 Å². The second-order valence-electron chi connectivity index (χ2n) is 3.70. The summed E-state index contributed by atoms with van der Waals surface area (Å²) in [7, 11) is 3.42. The topological polar surface area (TPSA) is 42.3 Å². The molecule has 2 rings (SSSR count). The van der Waals surface area contributed by atoms with Gasteiger partial charge in [0.2, 0.25) is 0 Å². The maximum Gasteiger partial charge on any atom is 0.293 e. The summed E-state index contributed by atoms with van der Waals surface area (Å²) >= 11 is 0.980. The van der Waals surface area contributed by atoms with Gasteiger partial charge in [0.05, 0.1) is 4.91 Å². The molecule has 0 atom stereocenters. The van der Waals surface area contributed by atoms with Crippen LogP contribution in [0.5, 0.6) is 0 Å². The molecule has 0 spiro atoms. The highest BCUT2D eigenvalue weighted by atomic mass is 32.2. The second kappa shape index (κ2) is 3.83. The molecule has 0 radical (unpaired) electrons. The van der Waals surface area contributed by atoms with Crippen LogP contribution in [0.4, 0.5) is 4.79 Å². The summed E-state index contributed by atoms with van der Waals surface area (Å²) in [5, 5.41) is -0.220. The molecule has 0 saturated carbocycles. The zero-order chi connectivity index (χ0) is 11.9. The van der Waals surface area contributed by atoms with Crippen molar-refractivity contribution in [1.82, 2.24) is 9.47 Å². The Balaban J connectivity index is 2.36. The van der Waals surface area contributed by atoms with Crippen molar-refractivity contribution < 1.29 is 9.59 Å². The van der Waals surface area contributed by atoms with Crippen LogP contribution in [0, 0.1) is 6.92 Å². The Hall–Kier alpha value is -1.49. The van der Waals surface area contributed by atoms with E-state index in [1.807, 2.05) is 30.7 Å². The van der Waals surface area contributed by atoms with Crippen molar-refractivity contribution in [1.29, 1.82) is 0 Å². The van der Waals surface area contributed by atoms with E-state index in [2.05, 4.69) is 0 Å². The predicted octanol–water partition coefficient (Wildman–Crippen LogP) is 2.00. The lowest BCUT2D eigenvalue weighted by atomic mass is 10.3. The average Bonchev–Trinajstić information content (AvgIpc) is 2.68. The minimum atomic E-state index is -0.228. The average molecular weight is 236 g/mol. The molecule has 0 unspecified atom stereocenters. The van der Waals surface area contributed by atoms with E-state index in [9.17, 15) is 9.59 Å². The Labute approximate surface area is 97.9 Å². The van der Waals surface area contributed by atoms with Gasteiger partial charge < -0.3 is 4.57 Å². The molecule has 2 amide bonds. The maximum atomic E-state index is 11.6. The molecular weight excluding hydrogens is 224 g/mol. The van der Waals surface area contributed by atoms with E-state index in [0.29, 0.717) is 4.91 Å². The van der Waals surface area contributed by atoms with Gasteiger partial charge in [-0.15, -0.1) is 0 Å². The molecule has 1 aliphatic heterocycles. The van der Waals surface area contributed by atoms with Gasteiger partial charge in [0.25, 0.3) is 11.1 Å². The van der Waals surface area contributed by atoms with Crippen LogP contribution >= 0.6 is 11.8 Å². The molecule has 5 heteroatoms. The lowest BCUT2D eigenvalue weighted by Crippen LogP contribution is -2.22. The van der Waals surface area contributed by atoms with Crippen molar-refractivity contribution >= 4 is 29.0 Å². The number of rotatable bonds is 1. The predicted molar refractivity (Wildman–Crippen MR) is 63.9 cm³/mol. The van der Waals surface area contributed by atoms with Crippen molar-refractivity contribution in [3.8, 4) is 0 Å². The Morgan fingerprint density at radius 3 is 2.38 bits per heavy atom. The molecule has 1 fully saturated rings. The lowest BCUT2D eigenvalue weighted by molar-refractivity contribution is -0.121. The summed E-state index contributed by atoms with van der Waals surface area (Å²) in [6.45, 7) is 1.99. The number of hydrogen-bond acceptors (Lipinski definition) is 3. The fourth-order valence-corrected chi connectivity index (χ4v) is 2.27. The van der Waals surface area contributed by atoms with E-state index in [-0.39, 0.29) is 11.1 Å². The van der Waals surface area contributed by atoms with Gasteiger partial charge in [-0.1, -0.05) is 0 Å². The van der Waals surface area contributed by atoms with Crippen molar-refractivity contribution in [3.05, 3.63) is 28.4 Å². The molecule has 0 N–H and O–H groups in total. The number of carbonyl (C=O) groups excluding carboxylic acids is 2. The zero-order valence-corrected chi connectivity index (χ0v) is 10.2. The highest BCUT2D eigenvalue weighted by Crippen LogP contribution is 2.31. The quantitative estimate of drug-likeness (QED) is 0.700. The third kappa shape index (κ3) is 1.67. The third-order valence-corrected chi connectivity index (χ3v) is 3.64. The summed E-state index contributed by atoms with van der Waals surface area (Å²) < 4.78 is 1.98. The Morgan fingerprint density at radius 2 is 1.94 bits per heavy atom. The first kappa shape index (κ1) is 11.0. The maximum absolute atomic E-state index is 11.6. The van der Waals surface area contributed by atoms with Crippen molar-refractivity contribution in [2.75, 3.05) is 7.05 Å². The van der Waals surface area contributed by atoms with Gasteiger partial charge in [-0.25, -0.2) is 0 Å². The largest absolute Gasteiger partial charge is 0.348 e. The molecule has 1 saturated heterocycles. The Bertz CT molecular complexity index is 502. The molecule has 1 aromatic rings. The number of aryl methyl sites for hydroxylation is 1. The summed E-state index contributed by atoms with van der Waals surface area (Å²) in [5.74, 6) is -0.228. The number of aromatic nitrogens is 1. The van der Waals surface area contributed by atoms with Crippen LogP contribution in [-0.2, 0) is 11.8 Å². The van der Waals surface area contributed by atoms with Crippen LogP contribution < -0.4 is 0 Å². The zero-order valence-electron chi connectivity index (χ0n) is 9.35. The summed E-state index contributed by atoms with van der Waals surface area (Å²) in [4.78, 5) is 24.6. The highest BCUT2D eigenvalue weighted by molar-refractivity contribution is 8.18. The highest BCUT2D eigenvalue weighted by Gasteiger charge is 2.31. The van der Waals surface area contributed by atoms with Gasteiger partial charge in [0.15, 0.2) is 0 Å². The summed E-state index contributed by atoms with van der Waals surface area (Å²) in [5.41, 5.74) is 2.04. The van der Waals surface area contributed by atoms with Crippen LogP contribution in [0.25, 0.3) is 6.08 Å². The molecule has 0 bridgehead atoms. The minimum Gasteiger partial charge on any atom is -0.348 e. The van der Waals surface area contributed by atoms with Crippen molar-refractivity contribution in [2.24, 2.45) is 7.05 Å². The van der Waals surface area contributed by atoms with Gasteiger partial charge in [-0.2, -0.15) is 0 Å². The van der Waals surface area contributed by atoms with E-state index in [4.69, 9.17) is 0 Å². The van der Waals surface area contributed by atoms with Crippen LogP contribution in [0.15, 0.2) is 17.0 Å². The smallest absolute Gasteiger partial charge is 0.293 e. The molecule has 1 aromatic heterocycles. The van der Waals surface area contributed by atoms with E-state index in [1.54, 1.807) is 6.08 Å². The molecule has 1 aliphatic rings. The number of carbonyl (C=O) groups is 2. The molecule has 2 heterocycles. The van der Waals surface area contributed by atoms with Gasteiger partial charge in [0.1, 0.15) is 0 Å². The van der Waals surface area contributed by atoms with Gasteiger partial charge in [-0.05, 0) is 36.9 Å². The lowest BCUT2D eigenvalue weighted by Gasteiger charge is -2.02. The molecular formula is C11H12N2O2S. The molecule has 0 aliphatic carbocycles. The number of imide groups is 1. The van der Waals surface area contributed by atoms with Crippen LogP contribution in [-0.4, -0.2) is 27.7 Å². The fraction of sp³-hybridized carbons (Fsp3) is 0.273. The Morgan fingerprint density at radius 1 is 1.25 bits per heavy atom. The van der Waals surface area contributed by atoms with Crippen LogP contribution in [0.1, 0.15) is 11.4 Å². The number of thioether (sulfide) groups is 1. The van der Waals surface area contributed by atoms with Crippen LogP contribution in [0.2, 0.25) is 0 Å². The first-order valence-corrected chi connectivity index (χ1v) is 5.66. The van der Waals surface area contributed by atoms with Crippen LogP contribution in [0.3, 0.4) is 0 Å². The van der Waals surface area contributed by atoms with E-state index < -0.39 is 0 Å². The number of hydrogen-bond donors (Lipinski definition) is 0. The monoisotopic (exact) mass is 236 g/mol.